The molecule has 0 heterocycles. The number of rotatable bonds is 44. The molecule has 53 heavy (non-hydrogen) atoms. The van der Waals surface area contributed by atoms with Gasteiger partial charge in [-0.3, -0.25) is 9.59 Å². The third-order valence-corrected chi connectivity index (χ3v) is 11.2. The van der Waals surface area contributed by atoms with Crippen LogP contribution in [0.2, 0.25) is 0 Å². The van der Waals surface area contributed by atoms with Crippen molar-refractivity contribution in [3.05, 3.63) is 0 Å². The van der Waals surface area contributed by atoms with Gasteiger partial charge in [-0.15, -0.1) is 0 Å². The summed E-state index contributed by atoms with van der Waals surface area (Å²) >= 11 is 0. The fourth-order valence-electron chi connectivity index (χ4n) is 7.51. The van der Waals surface area contributed by atoms with Gasteiger partial charge in [0.1, 0.15) is 0 Å². The van der Waals surface area contributed by atoms with E-state index < -0.39 is 5.97 Å². The van der Waals surface area contributed by atoms with Crippen LogP contribution in [0.15, 0.2) is 0 Å². The predicted molar refractivity (Wildman–Crippen MR) is 234 cm³/mol. The second-order valence-electron chi connectivity index (χ2n) is 16.6. The molecule has 4 nitrogen and oxygen atoms in total. The first-order valence-corrected chi connectivity index (χ1v) is 24.4. The summed E-state index contributed by atoms with van der Waals surface area (Å²) in [5.74, 6) is -0.712. The molecular formula is C49H98O4. The van der Waals surface area contributed by atoms with Crippen molar-refractivity contribution >= 4 is 11.9 Å². The van der Waals surface area contributed by atoms with E-state index >= 15 is 0 Å². The third kappa shape index (κ3) is 55.4. The van der Waals surface area contributed by atoms with Gasteiger partial charge in [0.25, 0.3) is 0 Å². The lowest BCUT2D eigenvalue weighted by Gasteiger charge is -2.04. The molecule has 0 saturated heterocycles. The molecule has 0 aromatic rings. The van der Waals surface area contributed by atoms with Crippen molar-refractivity contribution in [3.8, 4) is 0 Å². The average molecular weight is 751 g/mol. The molecule has 0 aliphatic heterocycles. The Balaban J connectivity index is 0. The van der Waals surface area contributed by atoms with Gasteiger partial charge in [0, 0.05) is 12.8 Å². The smallest absolute Gasteiger partial charge is 0.305 e. The molecule has 0 aromatic carbocycles. The zero-order valence-electron chi connectivity index (χ0n) is 36.8. The standard InChI is InChI=1S/C25H50O2.C24H48O2/c1-3-4-5-6-7-8-9-10-11-12-13-14-15-16-17-18-19-20-21-22-23-24-25(26)27-2;1-2-3-4-5-6-7-8-9-10-11-12-13-14-15-16-17-18-19-20-21-22-23-24(25)26/h3-24H2,1-2H3;2-23H2,1H3,(H,25,26). The van der Waals surface area contributed by atoms with E-state index in [-0.39, 0.29) is 5.97 Å². The maximum Gasteiger partial charge on any atom is 0.305 e. The molecule has 0 amide bonds. The lowest BCUT2D eigenvalue weighted by Crippen LogP contribution is -1.99. The number of methoxy groups -OCH3 is 1. The number of ether oxygens (including phenoxy) is 1. The Bertz CT molecular complexity index is 677. The minimum atomic E-state index is -0.650. The van der Waals surface area contributed by atoms with Crippen molar-refractivity contribution in [2.24, 2.45) is 0 Å². The maximum absolute atomic E-state index is 11.0. The minimum absolute atomic E-state index is 0.0622. The Morgan fingerprint density at radius 3 is 0.642 bits per heavy atom. The highest BCUT2D eigenvalue weighted by Crippen LogP contribution is 2.17. The number of esters is 1. The van der Waals surface area contributed by atoms with Crippen LogP contribution in [0.1, 0.15) is 296 Å². The zero-order valence-corrected chi connectivity index (χ0v) is 36.8. The first-order chi connectivity index (χ1) is 26.1. The fraction of sp³-hybridized carbons (Fsp3) is 0.959. The summed E-state index contributed by atoms with van der Waals surface area (Å²) in [5.41, 5.74) is 0. The van der Waals surface area contributed by atoms with Gasteiger partial charge >= 0.3 is 11.9 Å². The summed E-state index contributed by atoms with van der Waals surface area (Å²) in [5, 5.41) is 8.57. The van der Waals surface area contributed by atoms with E-state index in [4.69, 9.17) is 5.11 Å². The van der Waals surface area contributed by atoms with Crippen molar-refractivity contribution in [1.82, 2.24) is 0 Å². The van der Waals surface area contributed by atoms with E-state index in [1.165, 1.54) is 258 Å². The molecule has 0 aliphatic carbocycles. The van der Waals surface area contributed by atoms with Crippen molar-refractivity contribution in [1.29, 1.82) is 0 Å². The molecule has 0 atom stereocenters. The molecule has 0 unspecified atom stereocenters. The highest BCUT2D eigenvalue weighted by molar-refractivity contribution is 5.69. The molecular weight excluding hydrogens is 653 g/mol. The first-order valence-electron chi connectivity index (χ1n) is 24.4. The molecule has 318 valence electrons. The number of carboxylic acids is 1. The number of unbranched alkanes of at least 4 members (excludes halogenated alkanes) is 40. The Hall–Kier alpha value is -1.06. The van der Waals surface area contributed by atoms with Crippen LogP contribution in [0.25, 0.3) is 0 Å². The summed E-state index contributed by atoms with van der Waals surface area (Å²) in [6.07, 6.45) is 58.9. The van der Waals surface area contributed by atoms with Gasteiger partial charge in [-0.1, -0.05) is 271 Å². The van der Waals surface area contributed by atoms with E-state index in [9.17, 15) is 9.59 Å². The number of hydrogen-bond donors (Lipinski definition) is 1. The zero-order chi connectivity index (χ0) is 39.0. The van der Waals surface area contributed by atoms with Crippen LogP contribution in [0, 0.1) is 0 Å². The van der Waals surface area contributed by atoms with Crippen molar-refractivity contribution in [2.75, 3.05) is 7.11 Å². The number of carboxylic acid groups (broad SMARTS) is 1. The molecule has 0 fully saturated rings. The molecule has 0 rings (SSSR count). The number of carbonyl (C=O) groups is 2. The van der Waals surface area contributed by atoms with Crippen LogP contribution >= 0.6 is 0 Å². The topological polar surface area (TPSA) is 63.6 Å². The largest absolute Gasteiger partial charge is 0.481 e. The van der Waals surface area contributed by atoms with Crippen LogP contribution < -0.4 is 0 Å². The normalized spacial score (nSPS) is 11.1. The molecule has 1 N–H and O–H groups in total. The van der Waals surface area contributed by atoms with Gasteiger partial charge in [-0.05, 0) is 12.8 Å². The van der Waals surface area contributed by atoms with Gasteiger partial charge in [0.2, 0.25) is 0 Å². The number of hydrogen-bond acceptors (Lipinski definition) is 3. The molecule has 0 aliphatic rings. The van der Waals surface area contributed by atoms with Crippen molar-refractivity contribution < 1.29 is 19.4 Å². The van der Waals surface area contributed by atoms with E-state index in [2.05, 4.69) is 18.6 Å². The predicted octanol–water partition coefficient (Wildman–Crippen LogP) is 17.4. The summed E-state index contributed by atoms with van der Waals surface area (Å²) in [6, 6.07) is 0. The molecule has 0 spiro atoms. The van der Waals surface area contributed by atoms with Crippen LogP contribution in [0.4, 0.5) is 0 Å². The Labute approximate surface area is 333 Å². The second kappa shape index (κ2) is 50.9. The molecule has 0 saturated carbocycles. The highest BCUT2D eigenvalue weighted by Gasteiger charge is 2.00. The van der Waals surface area contributed by atoms with Crippen LogP contribution in [-0.2, 0) is 14.3 Å². The molecule has 0 radical (unpaired) electrons. The monoisotopic (exact) mass is 751 g/mol. The van der Waals surface area contributed by atoms with Gasteiger partial charge in [-0.2, -0.15) is 0 Å². The van der Waals surface area contributed by atoms with Crippen molar-refractivity contribution in [2.45, 2.75) is 296 Å². The lowest BCUT2D eigenvalue weighted by atomic mass is 10.0. The van der Waals surface area contributed by atoms with Crippen molar-refractivity contribution in [3.63, 3.8) is 0 Å². The summed E-state index contributed by atoms with van der Waals surface area (Å²) in [6.45, 7) is 4.58. The second-order valence-corrected chi connectivity index (χ2v) is 16.6. The summed E-state index contributed by atoms with van der Waals surface area (Å²) < 4.78 is 4.66. The Morgan fingerprint density at radius 1 is 0.302 bits per heavy atom. The van der Waals surface area contributed by atoms with Crippen LogP contribution in [-0.4, -0.2) is 24.2 Å². The quantitative estimate of drug-likeness (QED) is 0.0497. The van der Waals surface area contributed by atoms with E-state index in [0.717, 1.165) is 19.3 Å². The maximum atomic E-state index is 11.0. The van der Waals surface area contributed by atoms with E-state index in [1.807, 2.05) is 0 Å². The number of carbonyl (C=O) groups excluding carboxylic acids is 1. The van der Waals surface area contributed by atoms with Gasteiger partial charge < -0.3 is 9.84 Å². The van der Waals surface area contributed by atoms with Crippen LogP contribution in [0.5, 0.6) is 0 Å². The summed E-state index contributed by atoms with van der Waals surface area (Å²) in [7, 11) is 1.47. The minimum Gasteiger partial charge on any atom is -0.481 e. The SMILES string of the molecule is CCCCCCCCCCCCCCCCCCCCCCCC(=O)O.CCCCCCCCCCCCCCCCCCCCCCCC(=O)OC. The highest BCUT2D eigenvalue weighted by atomic mass is 16.5. The van der Waals surface area contributed by atoms with E-state index in [0.29, 0.717) is 12.8 Å². The summed E-state index contributed by atoms with van der Waals surface area (Å²) in [4.78, 5) is 21.4. The molecule has 0 aromatic heterocycles. The van der Waals surface area contributed by atoms with Crippen LogP contribution in [0.3, 0.4) is 0 Å². The van der Waals surface area contributed by atoms with Gasteiger partial charge in [-0.25, -0.2) is 0 Å². The number of aliphatic carboxylic acids is 1. The van der Waals surface area contributed by atoms with Gasteiger partial charge in [0.05, 0.1) is 7.11 Å². The average Bonchev–Trinajstić information content (AvgIpc) is 3.16. The van der Waals surface area contributed by atoms with E-state index in [1.54, 1.807) is 0 Å². The fourth-order valence-corrected chi connectivity index (χ4v) is 7.51. The molecule has 4 heteroatoms. The molecule has 0 bridgehead atoms. The third-order valence-electron chi connectivity index (χ3n) is 11.2. The Morgan fingerprint density at radius 2 is 0.472 bits per heavy atom. The lowest BCUT2D eigenvalue weighted by molar-refractivity contribution is -0.141. The van der Waals surface area contributed by atoms with Gasteiger partial charge in [0.15, 0.2) is 0 Å². The Kier molecular flexibility index (Phi) is 51.9. The first kappa shape index (κ1) is 54.0.